The molecule has 0 bridgehead atoms. The molecule has 1 aromatic carbocycles. The summed E-state index contributed by atoms with van der Waals surface area (Å²) in [5.74, 6) is 0.528. The molecule has 114 valence electrons. The van der Waals surface area contributed by atoms with Crippen LogP contribution in [0.3, 0.4) is 0 Å². The van der Waals surface area contributed by atoms with Gasteiger partial charge in [-0.3, -0.25) is 4.79 Å². The number of benzene rings is 1. The predicted molar refractivity (Wildman–Crippen MR) is 77.4 cm³/mol. The normalized spacial score (nSPS) is 15.3. The van der Waals surface area contributed by atoms with Crippen molar-refractivity contribution in [2.45, 2.75) is 19.5 Å². The molecule has 1 N–H and O–H groups in total. The second-order valence-corrected chi connectivity index (χ2v) is 5.15. The second kappa shape index (κ2) is 6.67. The lowest BCUT2D eigenvalue weighted by Crippen LogP contribution is -2.47. The van der Waals surface area contributed by atoms with Gasteiger partial charge in [-0.2, -0.15) is 0 Å². The molecule has 0 spiro atoms. The highest BCUT2D eigenvalue weighted by Gasteiger charge is 2.25. The topological polar surface area (TPSA) is 67.9 Å². The van der Waals surface area contributed by atoms with Crippen molar-refractivity contribution in [3.63, 3.8) is 0 Å². The fraction of sp³-hybridized carbons (Fsp3) is 0.429. The molecule has 0 aliphatic carbocycles. The highest BCUT2D eigenvalue weighted by atomic mass is 35.5. The Bertz CT molecular complexity index is 550. The van der Waals surface area contributed by atoms with Crippen molar-refractivity contribution in [3.05, 3.63) is 28.8 Å². The maximum Gasteiger partial charge on any atom is 0.407 e. The largest absolute Gasteiger partial charge is 0.491 e. The number of nitrogens with zero attached hydrogens (tertiary/aromatic N) is 1. The van der Waals surface area contributed by atoms with Gasteiger partial charge in [0.15, 0.2) is 0 Å². The third-order valence-electron chi connectivity index (χ3n) is 3.20. The summed E-state index contributed by atoms with van der Waals surface area (Å²) in [5, 5.41) is 3.05. The number of fused-ring (bicyclic) bond motifs is 1. The Balaban J connectivity index is 2.10. The number of nitrogens with one attached hydrogen (secondary N) is 1. The molecule has 1 aromatic rings. The van der Waals surface area contributed by atoms with E-state index in [1.165, 1.54) is 7.11 Å². The van der Waals surface area contributed by atoms with Crippen LogP contribution < -0.4 is 10.1 Å². The third-order valence-corrected chi connectivity index (χ3v) is 3.44. The maximum atomic E-state index is 12.4. The van der Waals surface area contributed by atoms with E-state index >= 15 is 0 Å². The van der Waals surface area contributed by atoms with Gasteiger partial charge in [-0.15, -0.1) is 0 Å². The van der Waals surface area contributed by atoms with Gasteiger partial charge in [0.25, 0.3) is 0 Å². The van der Waals surface area contributed by atoms with Crippen molar-refractivity contribution in [2.75, 3.05) is 20.3 Å². The predicted octanol–water partition coefficient (Wildman–Crippen LogP) is 1.81. The summed E-state index contributed by atoms with van der Waals surface area (Å²) in [4.78, 5) is 25.2. The molecule has 2 rings (SSSR count). The second-order valence-electron chi connectivity index (χ2n) is 4.72. The number of carbonyl (C=O) groups excluding carboxylic acids is 2. The first-order valence-corrected chi connectivity index (χ1v) is 6.93. The molecule has 0 saturated carbocycles. The summed E-state index contributed by atoms with van der Waals surface area (Å²) in [6.45, 7) is 2.84. The first-order valence-electron chi connectivity index (χ1n) is 6.55. The smallest absolute Gasteiger partial charge is 0.407 e. The van der Waals surface area contributed by atoms with E-state index in [2.05, 4.69) is 10.1 Å². The molecule has 1 unspecified atom stereocenters. The summed E-state index contributed by atoms with van der Waals surface area (Å²) in [5.41, 5.74) is 0.846. The summed E-state index contributed by atoms with van der Waals surface area (Å²) in [6.07, 6.45) is -0.634. The maximum absolute atomic E-state index is 12.4. The Morgan fingerprint density at radius 3 is 2.95 bits per heavy atom. The van der Waals surface area contributed by atoms with Gasteiger partial charge in [0.05, 0.1) is 13.7 Å². The quantitative estimate of drug-likeness (QED) is 0.904. The summed E-state index contributed by atoms with van der Waals surface area (Å²) < 4.78 is 10.1. The zero-order valence-electron chi connectivity index (χ0n) is 11.9. The van der Waals surface area contributed by atoms with Crippen molar-refractivity contribution >= 4 is 23.6 Å². The van der Waals surface area contributed by atoms with Gasteiger partial charge in [-0.05, 0) is 25.1 Å². The van der Waals surface area contributed by atoms with Gasteiger partial charge in [0, 0.05) is 17.1 Å². The van der Waals surface area contributed by atoms with Crippen LogP contribution in [0.5, 0.6) is 5.75 Å². The van der Waals surface area contributed by atoms with Crippen LogP contribution in [0.1, 0.15) is 12.5 Å². The Labute approximate surface area is 128 Å². The highest BCUT2D eigenvalue weighted by molar-refractivity contribution is 6.30. The fourth-order valence-corrected chi connectivity index (χ4v) is 2.32. The summed E-state index contributed by atoms with van der Waals surface area (Å²) >= 11 is 5.97. The van der Waals surface area contributed by atoms with Crippen LogP contribution in [0.15, 0.2) is 18.2 Å². The number of hydrogen-bond acceptors (Lipinski definition) is 4. The molecular weight excluding hydrogens is 296 g/mol. The Hall–Kier alpha value is -1.95. The van der Waals surface area contributed by atoms with E-state index in [1.54, 1.807) is 30.0 Å². The van der Waals surface area contributed by atoms with Gasteiger partial charge >= 0.3 is 6.09 Å². The number of alkyl carbamates (subject to hydrolysis) is 1. The van der Waals surface area contributed by atoms with Crippen LogP contribution >= 0.6 is 11.6 Å². The number of carbonyl (C=O) groups is 2. The first kappa shape index (κ1) is 15.4. The Kier molecular flexibility index (Phi) is 4.90. The molecular formula is C14H17ClN2O4. The number of rotatable bonds is 2. The minimum absolute atomic E-state index is 0.197. The average Bonchev–Trinajstić information content (AvgIpc) is 2.67. The lowest BCUT2D eigenvalue weighted by atomic mass is 10.2. The average molecular weight is 313 g/mol. The van der Waals surface area contributed by atoms with Crippen molar-refractivity contribution in [2.24, 2.45) is 0 Å². The first-order chi connectivity index (χ1) is 10.0. The Morgan fingerprint density at radius 1 is 1.48 bits per heavy atom. The van der Waals surface area contributed by atoms with Gasteiger partial charge < -0.3 is 19.7 Å². The number of halogens is 1. The molecule has 1 aliphatic rings. The number of ether oxygens (including phenoxy) is 2. The molecule has 1 aliphatic heterocycles. The van der Waals surface area contributed by atoms with Crippen LogP contribution in [-0.4, -0.2) is 43.2 Å². The van der Waals surface area contributed by atoms with Crippen molar-refractivity contribution in [1.82, 2.24) is 10.2 Å². The van der Waals surface area contributed by atoms with E-state index in [1.807, 2.05) is 0 Å². The molecule has 0 radical (unpaired) electrons. The van der Waals surface area contributed by atoms with E-state index in [-0.39, 0.29) is 5.91 Å². The molecule has 1 atom stereocenters. The fourth-order valence-electron chi connectivity index (χ4n) is 2.12. The van der Waals surface area contributed by atoms with Crippen molar-refractivity contribution in [3.8, 4) is 5.75 Å². The number of hydrogen-bond donors (Lipinski definition) is 1. The van der Waals surface area contributed by atoms with Crippen LogP contribution in [0, 0.1) is 0 Å². The molecule has 7 heteroatoms. The molecule has 1 heterocycles. The molecule has 21 heavy (non-hydrogen) atoms. The van der Waals surface area contributed by atoms with Crippen molar-refractivity contribution < 1.29 is 19.1 Å². The number of methoxy groups -OCH3 is 1. The molecule has 0 saturated heterocycles. The van der Waals surface area contributed by atoms with E-state index in [0.29, 0.717) is 24.7 Å². The van der Waals surface area contributed by atoms with E-state index in [9.17, 15) is 9.59 Å². The lowest BCUT2D eigenvalue weighted by Gasteiger charge is -2.23. The van der Waals surface area contributed by atoms with E-state index in [4.69, 9.17) is 16.3 Å². The molecule has 2 amide bonds. The number of amides is 2. The third kappa shape index (κ3) is 3.78. The zero-order valence-corrected chi connectivity index (χ0v) is 12.6. The highest BCUT2D eigenvalue weighted by Crippen LogP contribution is 2.26. The summed E-state index contributed by atoms with van der Waals surface area (Å²) in [6, 6.07) is 4.65. The minimum atomic E-state index is -0.668. The standard InChI is InChI=1S/C14H17ClN2O4/c1-9(16-14(19)20-2)13(18)17-5-6-21-12-4-3-11(15)7-10(12)8-17/h3-4,7,9H,5-6,8H2,1-2H3,(H,16,19). The molecule has 6 nitrogen and oxygen atoms in total. The molecule has 0 aromatic heterocycles. The van der Waals surface area contributed by atoms with Crippen LogP contribution in [-0.2, 0) is 16.1 Å². The van der Waals surface area contributed by atoms with Gasteiger partial charge in [-0.25, -0.2) is 4.79 Å². The lowest BCUT2D eigenvalue weighted by molar-refractivity contribution is -0.133. The summed E-state index contributed by atoms with van der Waals surface area (Å²) in [7, 11) is 1.25. The van der Waals surface area contributed by atoms with Crippen LogP contribution in [0.25, 0.3) is 0 Å². The monoisotopic (exact) mass is 312 g/mol. The van der Waals surface area contributed by atoms with Gasteiger partial charge in [-0.1, -0.05) is 11.6 Å². The van der Waals surface area contributed by atoms with Crippen LogP contribution in [0.4, 0.5) is 4.79 Å². The van der Waals surface area contributed by atoms with Crippen molar-refractivity contribution in [1.29, 1.82) is 0 Å². The zero-order chi connectivity index (χ0) is 15.4. The van der Waals surface area contributed by atoms with E-state index in [0.717, 1.165) is 11.3 Å². The minimum Gasteiger partial charge on any atom is -0.491 e. The Morgan fingerprint density at radius 2 is 2.24 bits per heavy atom. The van der Waals surface area contributed by atoms with E-state index < -0.39 is 12.1 Å². The van der Waals surface area contributed by atoms with Gasteiger partial charge in [0.2, 0.25) is 5.91 Å². The molecule has 0 fully saturated rings. The van der Waals surface area contributed by atoms with Gasteiger partial charge in [0.1, 0.15) is 18.4 Å². The SMILES string of the molecule is COC(=O)NC(C)C(=O)N1CCOc2ccc(Cl)cc2C1. The van der Waals surface area contributed by atoms with Crippen LogP contribution in [0.2, 0.25) is 5.02 Å².